The largest absolute Gasteiger partial charge is 0.491 e. The first-order valence-corrected chi connectivity index (χ1v) is 41.9. The monoisotopic (exact) mass is 1700 g/mol. The number of nitriles is 4. The van der Waals surface area contributed by atoms with Crippen molar-refractivity contribution in [1.29, 1.82) is 21.0 Å². The van der Waals surface area contributed by atoms with E-state index >= 15 is 0 Å². The smallest absolute Gasteiger partial charge is 0.266 e. The number of piperidine rings is 3. The average molecular weight is 1700 g/mol. The molecule has 30 nitrogen and oxygen atoms in total. The molecule has 9 saturated heterocycles. The summed E-state index contributed by atoms with van der Waals surface area (Å²) in [6.45, 7) is 15.5. The van der Waals surface area contributed by atoms with Gasteiger partial charge in [0.15, 0.2) is 18.2 Å². The molecule has 14 fully saturated rings. The van der Waals surface area contributed by atoms with Gasteiger partial charge in [0.2, 0.25) is 17.6 Å². The van der Waals surface area contributed by atoms with Gasteiger partial charge in [-0.2, -0.15) is 36.3 Å². The zero-order valence-electron chi connectivity index (χ0n) is 69.1. The Hall–Kier alpha value is -13.8. The summed E-state index contributed by atoms with van der Waals surface area (Å²) in [5, 5.41) is 61.8. The number of halogens is 4. The van der Waals surface area contributed by atoms with Crippen molar-refractivity contribution in [3.05, 3.63) is 210 Å². The van der Waals surface area contributed by atoms with E-state index in [0.29, 0.717) is 119 Å². The summed E-state index contributed by atoms with van der Waals surface area (Å²) in [6, 6.07) is 35.6. The molecule has 6 atom stereocenters. The first kappa shape index (κ1) is 80.6. The zero-order valence-corrected chi connectivity index (χ0v) is 69.1. The van der Waals surface area contributed by atoms with Crippen molar-refractivity contribution >= 4 is 34.0 Å². The summed E-state index contributed by atoms with van der Waals surface area (Å²) >= 11 is 0. The van der Waals surface area contributed by atoms with Gasteiger partial charge in [-0.25, -0.2) is 67.6 Å². The Labute approximate surface area is 721 Å². The average Bonchev–Trinajstić information content (AvgIpc) is 0.754. The highest BCUT2D eigenvalue weighted by Crippen LogP contribution is 2.67. The van der Waals surface area contributed by atoms with Gasteiger partial charge in [-0.3, -0.25) is 14.7 Å². The van der Waals surface area contributed by atoms with E-state index in [9.17, 15) is 43.7 Å². The fourth-order valence-corrected chi connectivity index (χ4v) is 20.0. The number of ether oxygens (including phenoxy) is 6. The molecule has 6 unspecified atom stereocenters. The Morgan fingerprint density at radius 2 is 0.849 bits per heavy atom. The van der Waals surface area contributed by atoms with Crippen molar-refractivity contribution < 1.29 is 51.1 Å². The van der Waals surface area contributed by atoms with Crippen LogP contribution in [-0.2, 0) is 19.6 Å². The fourth-order valence-electron chi connectivity index (χ4n) is 20.0. The van der Waals surface area contributed by atoms with Crippen LogP contribution in [0.15, 0.2) is 153 Å². The van der Waals surface area contributed by atoms with Crippen LogP contribution in [0.25, 0.3) is 54.8 Å². The number of piperazine rings is 3. The van der Waals surface area contributed by atoms with E-state index in [1.807, 2.05) is 85.5 Å². The second-order valence-corrected chi connectivity index (χ2v) is 35.2. The molecule has 8 bridgehead atoms. The number of fused-ring (bicyclic) bond motifs is 9. The Morgan fingerprint density at radius 1 is 0.460 bits per heavy atom. The van der Waals surface area contributed by atoms with Crippen molar-refractivity contribution in [1.82, 2.24) is 73.4 Å². The number of alkyl halides is 2. The Bertz CT molecular complexity index is 6390. The molecule has 638 valence electrons. The maximum absolute atomic E-state index is 14.1. The summed E-state index contributed by atoms with van der Waals surface area (Å²) in [7, 11) is 4.44. The molecule has 126 heavy (non-hydrogen) atoms. The van der Waals surface area contributed by atoms with Crippen molar-refractivity contribution in [3.8, 4) is 92.5 Å². The van der Waals surface area contributed by atoms with E-state index in [2.05, 4.69) is 88.8 Å². The molecule has 14 aliphatic rings. The van der Waals surface area contributed by atoms with E-state index in [1.54, 1.807) is 65.6 Å². The number of rotatable bonds is 24. The number of nitrogens with zero attached hydrogens (tertiary/aromatic N) is 23. The van der Waals surface area contributed by atoms with E-state index in [4.69, 9.17) is 49.9 Å². The topological polar surface area (TPSA) is 324 Å². The third kappa shape index (κ3) is 15.2. The van der Waals surface area contributed by atoms with Gasteiger partial charge in [0.1, 0.15) is 64.9 Å². The molecule has 21 heterocycles. The van der Waals surface area contributed by atoms with E-state index in [1.165, 1.54) is 37.1 Å². The number of hydrogen-bond donors (Lipinski definition) is 1. The quantitative estimate of drug-likeness (QED) is 0.0434. The summed E-state index contributed by atoms with van der Waals surface area (Å²) < 4.78 is 93.4. The maximum Gasteiger partial charge on any atom is 0.266 e. The van der Waals surface area contributed by atoms with E-state index in [0.717, 1.165) is 165 Å². The molecule has 12 aromatic rings. The lowest BCUT2D eigenvalue weighted by molar-refractivity contribution is -0.269. The van der Waals surface area contributed by atoms with Crippen molar-refractivity contribution in [2.75, 3.05) is 95.1 Å². The highest BCUT2D eigenvalue weighted by Gasteiger charge is 2.68. The van der Waals surface area contributed by atoms with Crippen LogP contribution in [0.1, 0.15) is 97.6 Å². The first-order valence-electron chi connectivity index (χ1n) is 41.9. The lowest BCUT2D eigenvalue weighted by Crippen LogP contribution is -2.69. The minimum Gasteiger partial charge on any atom is -0.491 e. The summed E-state index contributed by atoms with van der Waals surface area (Å²) in [6.07, 6.45) is 26.9. The number of pyridine rings is 9. The van der Waals surface area contributed by atoms with Gasteiger partial charge < -0.3 is 53.1 Å². The van der Waals surface area contributed by atoms with Crippen LogP contribution in [0.2, 0.25) is 0 Å². The van der Waals surface area contributed by atoms with Crippen LogP contribution in [0.3, 0.4) is 0 Å². The van der Waals surface area contributed by atoms with Crippen LogP contribution in [-0.4, -0.2) is 212 Å². The second-order valence-electron chi connectivity index (χ2n) is 35.2. The fraction of sp³-hybridized carbons (Fsp3) is 0.391. The number of methoxy groups -OCH3 is 3. The number of aromatic nitrogens is 12. The van der Waals surface area contributed by atoms with E-state index in [-0.39, 0.29) is 23.8 Å². The van der Waals surface area contributed by atoms with Gasteiger partial charge >= 0.3 is 0 Å². The predicted molar refractivity (Wildman–Crippen MR) is 450 cm³/mol. The molecule has 0 amide bonds. The van der Waals surface area contributed by atoms with Gasteiger partial charge in [0.05, 0.1) is 110 Å². The molecule has 34 heteroatoms. The van der Waals surface area contributed by atoms with Crippen LogP contribution in [0.5, 0.6) is 34.9 Å². The Balaban J connectivity index is 0.000000119. The zero-order chi connectivity index (χ0) is 86.5. The molecule has 5 aliphatic carbocycles. The van der Waals surface area contributed by atoms with Gasteiger partial charge in [-0.15, -0.1) is 0 Å². The van der Waals surface area contributed by atoms with Crippen molar-refractivity contribution in [3.63, 3.8) is 0 Å². The van der Waals surface area contributed by atoms with Crippen LogP contribution in [0.4, 0.5) is 35.0 Å². The van der Waals surface area contributed by atoms with Gasteiger partial charge in [-0.1, -0.05) is 6.07 Å². The molecular weight excluding hydrogens is 1620 g/mol. The molecule has 1 N–H and O–H groups in total. The minimum absolute atomic E-state index is 0.0158. The molecule has 0 radical (unpaired) electrons. The Morgan fingerprint density at radius 3 is 1.17 bits per heavy atom. The van der Waals surface area contributed by atoms with Gasteiger partial charge in [0.25, 0.3) is 11.5 Å². The third-order valence-electron chi connectivity index (χ3n) is 26.7. The summed E-state index contributed by atoms with van der Waals surface area (Å²) in [5.74, 6) is 1.25. The lowest BCUT2D eigenvalue weighted by Gasteiger charge is -2.67. The second kappa shape index (κ2) is 31.7. The summed E-state index contributed by atoms with van der Waals surface area (Å²) in [4.78, 5) is 44.8. The molecule has 26 rings (SSSR count). The summed E-state index contributed by atoms with van der Waals surface area (Å²) in [5.41, 5.74) is 9.00. The highest BCUT2D eigenvalue weighted by atomic mass is 19.3. The normalized spacial score (nSPS) is 23.3. The lowest BCUT2D eigenvalue weighted by atomic mass is 9.41. The van der Waals surface area contributed by atoms with Gasteiger partial charge in [0, 0.05) is 203 Å². The third-order valence-corrected chi connectivity index (χ3v) is 26.7. The van der Waals surface area contributed by atoms with Crippen molar-refractivity contribution in [2.45, 2.75) is 137 Å². The molecule has 5 saturated carbocycles. The molecule has 9 aliphatic heterocycles. The maximum atomic E-state index is 14.1. The van der Waals surface area contributed by atoms with Crippen LogP contribution in [0, 0.1) is 74.4 Å². The predicted octanol–water partition coefficient (Wildman–Crippen LogP) is 12.1. The highest BCUT2D eigenvalue weighted by molar-refractivity contribution is 5.88. The Kier molecular flexibility index (Phi) is 20.3. The van der Waals surface area contributed by atoms with Gasteiger partial charge in [-0.05, 0) is 122 Å². The number of anilines is 3. The number of aliphatic hydroxyl groups is 1. The standard InChI is InChI=1S/C31H28F2N8O2.C31H30FN7O3.C30H27FN8O2/c1-42-28-5-2-20(9-37-28)12-40-23-6-24(40)14-39(13-23)27-4-3-21(10-36-27)26-7-25(15-41-29(26)22(8-34)11-38-41)43-19-30(18-35)16-31(32,33)17-30;1-41-29-26(32)4-19(8-35-29)11-38-22-5-23(38)13-37(12-22)27-3-2-20(9-34-27)25-6-24(14-39-28(25)21(7-33)10-36-39)42-18-30-15-31(40,16-30)17-30;1-33-30(5-6-30)18-41-24-9-25(28-21(10-32)13-36-39(28)17-24)20-3-4-27(34-12-20)37-15-22-8-23(16-37)38(22)14-19-7-26(31)29(40-2)35-11-19/h2-5,7,9-11,15,23-24H,6,12-14,16-17,19H2,1H3;2-4,6,8-10,14,22-23,40H,5,11-13,15-18H2,1H3;3-4,7,9,11-13,17,22-23H,5-6,8,14-16,18H2,2H3. The molecule has 0 spiro atoms. The van der Waals surface area contributed by atoms with E-state index < -0.39 is 47.0 Å². The molecular formula is C92H85F4N23O7. The van der Waals surface area contributed by atoms with Crippen LogP contribution < -0.4 is 43.1 Å². The van der Waals surface area contributed by atoms with Crippen molar-refractivity contribution in [2.24, 2.45) is 10.8 Å². The first-order chi connectivity index (χ1) is 61.1. The minimum atomic E-state index is -2.84. The molecule has 12 aromatic heterocycles. The SMILES string of the molecule is COc1ccc(CN2C3CC2CN(c2ccc(-c4cc(OCC5(C#N)CC(F)(F)C5)cn5ncc(C#N)c45)cn2)C3)cn1.COc1ncc(CN2C3CC2CN(c2ccc(-c4cc(OCC56CC(O)(C5)C6)cn5ncc(C#N)c45)cn2)C3)cc1F.[C-]#[N+]C1(COc2cc(-c3ccc(N4CC5CC(C4)N5Cc4cnc(OC)c(F)c4)nc3)c3c(C#N)cnn3c2)CC1. The molecule has 0 aromatic carbocycles. The number of hydrogen-bond acceptors (Lipinski definition) is 26. The van der Waals surface area contributed by atoms with Crippen LogP contribution >= 0.6 is 0 Å².